The number of hydrazine groups is 1. The maximum absolute atomic E-state index is 13.9. The largest absolute Gasteiger partial charge is 0.271 e. The summed E-state index contributed by atoms with van der Waals surface area (Å²) in [6.07, 6.45) is 0.420. The Balaban J connectivity index is 2.26. The van der Waals surface area contributed by atoms with Gasteiger partial charge in [-0.05, 0) is 41.6 Å². The summed E-state index contributed by atoms with van der Waals surface area (Å²) in [4.78, 5) is 0.942. The van der Waals surface area contributed by atoms with Crippen LogP contribution in [0.4, 0.5) is 4.39 Å². The second-order valence-electron chi connectivity index (χ2n) is 4.84. The Hall–Kier alpha value is -1.08. The van der Waals surface area contributed by atoms with Crippen LogP contribution in [0.3, 0.4) is 0 Å². The van der Waals surface area contributed by atoms with Crippen molar-refractivity contribution in [3.8, 4) is 0 Å². The first-order chi connectivity index (χ1) is 9.52. The summed E-state index contributed by atoms with van der Waals surface area (Å²) in [7, 11) is 0. The highest BCUT2D eigenvalue weighted by Gasteiger charge is 2.21. The quantitative estimate of drug-likeness (QED) is 0.657. The average Bonchev–Trinajstić information content (AvgIpc) is 2.87. The van der Waals surface area contributed by atoms with Gasteiger partial charge in [-0.3, -0.25) is 11.3 Å². The number of nitrogens with one attached hydrogen (secondary N) is 1. The van der Waals surface area contributed by atoms with Crippen molar-refractivity contribution in [2.24, 2.45) is 5.84 Å². The molecule has 1 aromatic heterocycles. The van der Waals surface area contributed by atoms with Gasteiger partial charge < -0.3 is 0 Å². The minimum absolute atomic E-state index is 0.219. The van der Waals surface area contributed by atoms with Gasteiger partial charge in [-0.1, -0.05) is 36.0 Å². The van der Waals surface area contributed by atoms with E-state index in [9.17, 15) is 4.39 Å². The summed E-state index contributed by atoms with van der Waals surface area (Å²) >= 11 is 7.04. The molecule has 0 aliphatic rings. The lowest BCUT2D eigenvalue weighted by molar-refractivity contribution is 0.529. The van der Waals surface area contributed by atoms with E-state index in [4.69, 9.17) is 17.4 Å². The Bertz CT molecular complexity index is 588. The number of halogens is 2. The topological polar surface area (TPSA) is 63.8 Å². The molecule has 0 amide bonds. The molecule has 2 aromatic rings. The molecule has 1 atom stereocenters. The molecule has 1 unspecified atom stereocenters. The zero-order valence-corrected chi connectivity index (χ0v) is 12.8. The molecule has 0 radical (unpaired) electrons. The van der Waals surface area contributed by atoms with Crippen molar-refractivity contribution >= 4 is 23.1 Å². The molecule has 0 bridgehead atoms. The molecule has 108 valence electrons. The number of aromatic nitrogens is 2. The summed E-state index contributed by atoms with van der Waals surface area (Å²) in [5.41, 5.74) is 4.17. The molecule has 0 aliphatic heterocycles. The predicted molar refractivity (Wildman–Crippen MR) is 79.2 cm³/mol. The average molecular weight is 315 g/mol. The van der Waals surface area contributed by atoms with Crippen molar-refractivity contribution in [2.45, 2.75) is 32.2 Å². The molecule has 0 saturated carbocycles. The van der Waals surface area contributed by atoms with Crippen molar-refractivity contribution < 1.29 is 4.39 Å². The third-order valence-corrected chi connectivity index (χ3v) is 4.13. The van der Waals surface area contributed by atoms with Crippen LogP contribution in [-0.4, -0.2) is 9.59 Å². The summed E-state index contributed by atoms with van der Waals surface area (Å²) in [6, 6.07) is 4.43. The fraction of sp³-hybridized carbons (Fsp3) is 0.385. The lowest BCUT2D eigenvalue weighted by Gasteiger charge is -2.16. The highest BCUT2D eigenvalue weighted by atomic mass is 35.5. The van der Waals surface area contributed by atoms with Gasteiger partial charge in [0.2, 0.25) is 0 Å². The van der Waals surface area contributed by atoms with E-state index >= 15 is 0 Å². The fourth-order valence-electron chi connectivity index (χ4n) is 1.98. The molecule has 7 heteroatoms. The third kappa shape index (κ3) is 3.32. The van der Waals surface area contributed by atoms with Crippen molar-refractivity contribution in [1.29, 1.82) is 0 Å². The summed E-state index contributed by atoms with van der Waals surface area (Å²) < 4.78 is 17.8. The van der Waals surface area contributed by atoms with Gasteiger partial charge in [-0.2, -0.15) is 0 Å². The van der Waals surface area contributed by atoms with E-state index < -0.39 is 0 Å². The predicted octanol–water partition coefficient (Wildman–Crippen LogP) is 3.20. The Morgan fingerprint density at radius 2 is 2.20 bits per heavy atom. The van der Waals surface area contributed by atoms with Crippen molar-refractivity contribution in [3.63, 3.8) is 0 Å². The summed E-state index contributed by atoms with van der Waals surface area (Å²) in [5.74, 6) is 5.53. The van der Waals surface area contributed by atoms with E-state index in [0.717, 1.165) is 10.6 Å². The van der Waals surface area contributed by atoms with Gasteiger partial charge >= 0.3 is 0 Å². The van der Waals surface area contributed by atoms with Gasteiger partial charge in [-0.25, -0.2) is 4.39 Å². The van der Waals surface area contributed by atoms with Crippen molar-refractivity contribution in [3.05, 3.63) is 45.2 Å². The highest BCUT2D eigenvalue weighted by molar-refractivity contribution is 7.05. The van der Waals surface area contributed by atoms with E-state index in [2.05, 4.69) is 15.0 Å². The number of nitrogens with zero attached hydrogens (tertiary/aromatic N) is 2. The number of rotatable bonds is 5. The molecule has 1 heterocycles. The van der Waals surface area contributed by atoms with E-state index in [-0.39, 0.29) is 17.8 Å². The van der Waals surface area contributed by atoms with Gasteiger partial charge in [0.15, 0.2) is 0 Å². The second-order valence-corrected chi connectivity index (χ2v) is 6.06. The van der Waals surface area contributed by atoms with Crippen LogP contribution in [0.15, 0.2) is 18.2 Å². The molecule has 2 rings (SSSR count). The molecular weight excluding hydrogens is 299 g/mol. The number of nitrogens with two attached hydrogens (primary N) is 1. The van der Waals surface area contributed by atoms with Crippen LogP contribution in [0.1, 0.15) is 41.9 Å². The van der Waals surface area contributed by atoms with Crippen molar-refractivity contribution in [1.82, 2.24) is 15.0 Å². The molecule has 0 aliphatic carbocycles. The third-order valence-electron chi connectivity index (χ3n) is 3.04. The summed E-state index contributed by atoms with van der Waals surface area (Å²) in [5, 5.41) is 4.50. The van der Waals surface area contributed by atoms with Gasteiger partial charge in [0.1, 0.15) is 5.82 Å². The maximum Gasteiger partial charge on any atom is 0.127 e. The van der Waals surface area contributed by atoms with Gasteiger partial charge in [-0.15, -0.1) is 5.10 Å². The number of hydrogen-bond donors (Lipinski definition) is 2. The van der Waals surface area contributed by atoms with Gasteiger partial charge in [0, 0.05) is 5.02 Å². The van der Waals surface area contributed by atoms with Crippen molar-refractivity contribution in [2.75, 3.05) is 0 Å². The lowest BCUT2D eigenvalue weighted by Crippen LogP contribution is -2.30. The molecule has 0 fully saturated rings. The van der Waals surface area contributed by atoms with E-state index in [1.54, 1.807) is 12.1 Å². The maximum atomic E-state index is 13.9. The van der Waals surface area contributed by atoms with E-state index in [1.165, 1.54) is 17.6 Å². The Labute approximate surface area is 126 Å². The van der Waals surface area contributed by atoms with Crippen LogP contribution in [0.5, 0.6) is 0 Å². The minimum Gasteiger partial charge on any atom is -0.271 e. The first kappa shape index (κ1) is 15.3. The smallest absolute Gasteiger partial charge is 0.127 e. The highest BCUT2D eigenvalue weighted by Crippen LogP contribution is 2.29. The molecule has 0 saturated heterocycles. The SMILES string of the molecule is CC(C)c1nnsc1C(Cc1ccc(Cl)cc1F)NN. The Morgan fingerprint density at radius 1 is 1.45 bits per heavy atom. The van der Waals surface area contributed by atoms with Crippen LogP contribution in [-0.2, 0) is 6.42 Å². The zero-order valence-electron chi connectivity index (χ0n) is 11.2. The van der Waals surface area contributed by atoms with E-state index in [0.29, 0.717) is 17.0 Å². The van der Waals surface area contributed by atoms with Crippen LogP contribution < -0.4 is 11.3 Å². The monoisotopic (exact) mass is 314 g/mol. The molecule has 20 heavy (non-hydrogen) atoms. The standard InChI is InChI=1S/C13H16ClFN4S/c1-7(2)12-13(20-19-18-12)11(17-16)5-8-3-4-9(14)6-10(8)15/h3-4,6-7,11,17H,5,16H2,1-2H3. The minimum atomic E-state index is -0.332. The first-order valence-electron chi connectivity index (χ1n) is 6.25. The normalized spacial score (nSPS) is 12.9. The molecule has 1 aromatic carbocycles. The van der Waals surface area contributed by atoms with Gasteiger partial charge in [0.25, 0.3) is 0 Å². The molecule has 4 nitrogen and oxygen atoms in total. The number of hydrogen-bond acceptors (Lipinski definition) is 5. The molecule has 0 spiro atoms. The first-order valence-corrected chi connectivity index (χ1v) is 7.40. The summed E-state index contributed by atoms with van der Waals surface area (Å²) in [6.45, 7) is 4.08. The van der Waals surface area contributed by atoms with Crippen LogP contribution in [0.25, 0.3) is 0 Å². The molecular formula is C13H16ClFN4S. The second kappa shape index (κ2) is 6.58. The lowest BCUT2D eigenvalue weighted by atomic mass is 10.0. The Kier molecular flexibility index (Phi) is 5.04. The van der Waals surface area contributed by atoms with E-state index in [1.807, 2.05) is 13.8 Å². The van der Waals surface area contributed by atoms with Crippen LogP contribution in [0, 0.1) is 5.82 Å². The zero-order chi connectivity index (χ0) is 14.7. The van der Waals surface area contributed by atoms with Gasteiger partial charge in [0.05, 0.1) is 16.6 Å². The fourth-order valence-corrected chi connectivity index (χ4v) is 3.01. The molecule has 3 N–H and O–H groups in total. The Morgan fingerprint density at radius 3 is 2.80 bits per heavy atom. The number of benzene rings is 1. The van der Waals surface area contributed by atoms with Crippen LogP contribution in [0.2, 0.25) is 5.02 Å². The van der Waals surface area contributed by atoms with Crippen LogP contribution >= 0.6 is 23.1 Å².